The van der Waals surface area contributed by atoms with E-state index in [9.17, 15) is 9.90 Å². The quantitative estimate of drug-likeness (QED) is 0.819. The highest BCUT2D eigenvalue weighted by Gasteiger charge is 2.20. The highest BCUT2D eigenvalue weighted by atomic mass is 35.5. The van der Waals surface area contributed by atoms with Crippen LogP contribution in [0.3, 0.4) is 0 Å². The van der Waals surface area contributed by atoms with Gasteiger partial charge in [-0.05, 0) is 26.0 Å². The van der Waals surface area contributed by atoms with Crippen molar-refractivity contribution in [2.24, 2.45) is 0 Å². The topological polar surface area (TPSA) is 53.4 Å². The summed E-state index contributed by atoms with van der Waals surface area (Å²) in [6.45, 7) is 3.56. The molecule has 0 bridgehead atoms. The molecule has 0 saturated carbocycles. The average molecular weight is 243 g/mol. The van der Waals surface area contributed by atoms with E-state index in [1.165, 1.54) is 11.1 Å². The Bertz CT molecular complexity index is 371. The van der Waals surface area contributed by atoms with E-state index >= 15 is 0 Å². The number of carbonyl (C=O) groups excluding carboxylic acids is 1. The van der Waals surface area contributed by atoms with E-state index in [1.54, 1.807) is 33.0 Å². The molecular formula is C11H15ClN2O2. The van der Waals surface area contributed by atoms with Gasteiger partial charge in [-0.25, -0.2) is 4.98 Å². The summed E-state index contributed by atoms with van der Waals surface area (Å²) in [4.78, 5) is 17.1. The fourth-order valence-corrected chi connectivity index (χ4v) is 1.49. The second-order valence-electron chi connectivity index (χ2n) is 4.34. The molecule has 1 aromatic heterocycles. The Morgan fingerprint density at radius 2 is 2.19 bits per heavy atom. The molecule has 1 heterocycles. The van der Waals surface area contributed by atoms with Gasteiger partial charge in [-0.1, -0.05) is 11.6 Å². The van der Waals surface area contributed by atoms with Crippen LogP contribution in [0.25, 0.3) is 0 Å². The molecule has 0 radical (unpaired) electrons. The van der Waals surface area contributed by atoms with Crippen molar-refractivity contribution >= 4 is 17.5 Å². The molecule has 5 heteroatoms. The minimum absolute atomic E-state index is 0.189. The molecule has 1 N–H and O–H groups in total. The predicted molar refractivity (Wildman–Crippen MR) is 62.5 cm³/mol. The van der Waals surface area contributed by atoms with Gasteiger partial charge in [0.2, 0.25) is 0 Å². The molecule has 16 heavy (non-hydrogen) atoms. The number of pyridine rings is 1. The summed E-state index contributed by atoms with van der Waals surface area (Å²) in [7, 11) is 1.63. The summed E-state index contributed by atoms with van der Waals surface area (Å²) in [5.41, 5.74) is -0.458. The third-order valence-corrected chi connectivity index (χ3v) is 2.17. The Kier molecular flexibility index (Phi) is 3.88. The van der Waals surface area contributed by atoms with Crippen LogP contribution >= 0.6 is 11.6 Å². The van der Waals surface area contributed by atoms with Crippen LogP contribution in [0.1, 0.15) is 24.2 Å². The van der Waals surface area contributed by atoms with E-state index < -0.39 is 5.60 Å². The van der Waals surface area contributed by atoms with Crippen molar-refractivity contribution in [2.75, 3.05) is 13.6 Å². The Labute approximate surface area is 99.9 Å². The van der Waals surface area contributed by atoms with Gasteiger partial charge in [-0.3, -0.25) is 4.79 Å². The number of aliphatic hydroxyl groups is 1. The second kappa shape index (κ2) is 4.80. The molecular weight excluding hydrogens is 228 g/mol. The standard InChI is InChI=1S/C11H15ClN2O2/c1-11(2,16)7-14(3)10(15)8-4-5-9(12)13-6-8/h4-6,16H,7H2,1-3H3. The molecule has 0 spiro atoms. The number of aromatic nitrogens is 1. The van der Waals surface area contributed by atoms with Gasteiger partial charge in [0.1, 0.15) is 5.15 Å². The molecule has 0 aromatic carbocycles. The molecule has 0 fully saturated rings. The Morgan fingerprint density at radius 3 is 2.62 bits per heavy atom. The summed E-state index contributed by atoms with van der Waals surface area (Å²) in [5.74, 6) is -0.189. The van der Waals surface area contributed by atoms with Crippen molar-refractivity contribution < 1.29 is 9.90 Å². The third kappa shape index (κ3) is 3.79. The average Bonchev–Trinajstić information content (AvgIpc) is 2.15. The lowest BCUT2D eigenvalue weighted by Crippen LogP contribution is -2.39. The number of rotatable bonds is 3. The lowest BCUT2D eigenvalue weighted by Gasteiger charge is -2.25. The first-order valence-corrected chi connectivity index (χ1v) is 5.27. The summed E-state index contributed by atoms with van der Waals surface area (Å²) in [6, 6.07) is 3.17. The highest BCUT2D eigenvalue weighted by Crippen LogP contribution is 2.10. The lowest BCUT2D eigenvalue weighted by molar-refractivity contribution is 0.0367. The number of nitrogens with zero attached hydrogens (tertiary/aromatic N) is 2. The number of amides is 1. The van der Waals surface area contributed by atoms with Crippen LogP contribution in [-0.2, 0) is 0 Å². The second-order valence-corrected chi connectivity index (χ2v) is 4.73. The summed E-state index contributed by atoms with van der Waals surface area (Å²) < 4.78 is 0. The lowest BCUT2D eigenvalue weighted by atomic mass is 10.1. The Hall–Kier alpha value is -1.13. The van der Waals surface area contributed by atoms with Gasteiger partial charge in [0.15, 0.2) is 0 Å². The van der Waals surface area contributed by atoms with Crippen molar-refractivity contribution in [3.63, 3.8) is 0 Å². The fraction of sp³-hybridized carbons (Fsp3) is 0.455. The van der Waals surface area contributed by atoms with Crippen LogP contribution in [0, 0.1) is 0 Å². The molecule has 1 amide bonds. The van der Waals surface area contributed by atoms with E-state index in [-0.39, 0.29) is 12.5 Å². The van der Waals surface area contributed by atoms with Gasteiger partial charge in [0.25, 0.3) is 5.91 Å². The monoisotopic (exact) mass is 242 g/mol. The third-order valence-electron chi connectivity index (χ3n) is 1.95. The van der Waals surface area contributed by atoms with Gasteiger partial charge in [0.05, 0.1) is 11.2 Å². The molecule has 0 unspecified atom stereocenters. The first-order chi connectivity index (χ1) is 7.29. The van der Waals surface area contributed by atoms with E-state index in [0.29, 0.717) is 10.7 Å². The molecule has 0 aliphatic heterocycles. The van der Waals surface area contributed by atoms with E-state index in [1.807, 2.05) is 0 Å². The molecule has 4 nitrogen and oxygen atoms in total. The highest BCUT2D eigenvalue weighted by molar-refractivity contribution is 6.29. The zero-order valence-electron chi connectivity index (χ0n) is 9.57. The molecule has 1 aromatic rings. The fourth-order valence-electron chi connectivity index (χ4n) is 1.37. The van der Waals surface area contributed by atoms with Crippen LogP contribution < -0.4 is 0 Å². The van der Waals surface area contributed by atoms with Crippen LogP contribution in [0.2, 0.25) is 5.15 Å². The van der Waals surface area contributed by atoms with Gasteiger partial charge in [-0.15, -0.1) is 0 Å². The molecule has 0 atom stereocenters. The minimum atomic E-state index is -0.912. The minimum Gasteiger partial charge on any atom is -0.389 e. The summed E-state index contributed by atoms with van der Waals surface area (Å²) in [5, 5.41) is 9.95. The molecule has 88 valence electrons. The number of hydrogen-bond acceptors (Lipinski definition) is 3. The van der Waals surface area contributed by atoms with Crippen LogP contribution in [0.4, 0.5) is 0 Å². The van der Waals surface area contributed by atoms with Crippen molar-refractivity contribution in [2.45, 2.75) is 19.4 Å². The number of halogens is 1. The maximum atomic E-state index is 11.9. The number of hydrogen-bond donors (Lipinski definition) is 1. The van der Waals surface area contributed by atoms with Gasteiger partial charge in [-0.2, -0.15) is 0 Å². The van der Waals surface area contributed by atoms with Crippen LogP contribution in [0.15, 0.2) is 18.3 Å². The van der Waals surface area contributed by atoms with Gasteiger partial charge < -0.3 is 10.0 Å². The molecule has 0 aliphatic carbocycles. The van der Waals surface area contributed by atoms with Crippen molar-refractivity contribution in [1.82, 2.24) is 9.88 Å². The first-order valence-electron chi connectivity index (χ1n) is 4.89. The Balaban J connectivity index is 2.74. The first kappa shape index (κ1) is 12.9. The smallest absolute Gasteiger partial charge is 0.255 e. The van der Waals surface area contributed by atoms with Crippen molar-refractivity contribution in [3.8, 4) is 0 Å². The predicted octanol–water partition coefficient (Wildman–Crippen LogP) is 1.58. The SMILES string of the molecule is CN(CC(C)(C)O)C(=O)c1ccc(Cl)nc1. The van der Waals surface area contributed by atoms with Crippen molar-refractivity contribution in [3.05, 3.63) is 29.0 Å². The maximum absolute atomic E-state index is 11.9. The van der Waals surface area contributed by atoms with Crippen LogP contribution in [0.5, 0.6) is 0 Å². The van der Waals surface area contributed by atoms with E-state index in [4.69, 9.17) is 11.6 Å². The number of carbonyl (C=O) groups is 1. The van der Waals surface area contributed by atoms with Gasteiger partial charge in [0, 0.05) is 19.8 Å². The van der Waals surface area contributed by atoms with Crippen LogP contribution in [-0.4, -0.2) is 40.1 Å². The molecule has 1 rings (SSSR count). The number of likely N-dealkylation sites (N-methyl/N-ethyl adjacent to an activating group) is 1. The van der Waals surface area contributed by atoms with Crippen molar-refractivity contribution in [1.29, 1.82) is 0 Å². The van der Waals surface area contributed by atoms with Gasteiger partial charge >= 0.3 is 0 Å². The zero-order valence-corrected chi connectivity index (χ0v) is 10.3. The molecule has 0 aliphatic rings. The van der Waals surface area contributed by atoms with E-state index in [2.05, 4.69) is 4.98 Å². The normalized spacial score (nSPS) is 11.3. The van der Waals surface area contributed by atoms with E-state index in [0.717, 1.165) is 0 Å². The largest absolute Gasteiger partial charge is 0.389 e. The Morgan fingerprint density at radius 1 is 1.56 bits per heavy atom. The zero-order chi connectivity index (χ0) is 12.3. The summed E-state index contributed by atoms with van der Waals surface area (Å²) in [6.07, 6.45) is 1.42. The molecule has 0 saturated heterocycles. The summed E-state index contributed by atoms with van der Waals surface area (Å²) >= 11 is 5.63. The maximum Gasteiger partial charge on any atom is 0.255 e.